The summed E-state index contributed by atoms with van der Waals surface area (Å²) in [5, 5.41) is 2.90. The molecule has 1 amide bonds. The SMILES string of the molecule is CCN(CCNC(=O)c1ccc(F)cc1C)C1CC1. The Kier molecular flexibility index (Phi) is 4.53. The Hall–Kier alpha value is -1.42. The zero-order valence-corrected chi connectivity index (χ0v) is 11.6. The van der Waals surface area contributed by atoms with Crippen LogP contribution >= 0.6 is 0 Å². The highest BCUT2D eigenvalue weighted by atomic mass is 19.1. The number of carbonyl (C=O) groups excluding carboxylic acids is 1. The normalized spacial score (nSPS) is 14.7. The number of nitrogens with one attached hydrogen (secondary N) is 1. The minimum Gasteiger partial charge on any atom is -0.351 e. The molecular weight excluding hydrogens is 243 g/mol. The number of benzene rings is 1. The molecule has 0 spiro atoms. The van der Waals surface area contributed by atoms with Crippen molar-refractivity contribution in [3.05, 3.63) is 35.1 Å². The third-order valence-corrected chi connectivity index (χ3v) is 3.59. The smallest absolute Gasteiger partial charge is 0.251 e. The Bertz CT molecular complexity index is 457. The molecule has 0 bridgehead atoms. The summed E-state index contributed by atoms with van der Waals surface area (Å²) in [6, 6.07) is 4.97. The molecule has 1 fully saturated rings. The Balaban J connectivity index is 1.83. The molecule has 1 aromatic rings. The van der Waals surface area contributed by atoms with Gasteiger partial charge in [-0.15, -0.1) is 0 Å². The van der Waals surface area contributed by atoms with Crippen molar-refractivity contribution < 1.29 is 9.18 Å². The minimum absolute atomic E-state index is 0.121. The summed E-state index contributed by atoms with van der Waals surface area (Å²) in [7, 11) is 0. The number of rotatable bonds is 6. The summed E-state index contributed by atoms with van der Waals surface area (Å²) in [5.74, 6) is -0.427. The summed E-state index contributed by atoms with van der Waals surface area (Å²) < 4.78 is 13.0. The maximum absolute atomic E-state index is 13.0. The summed E-state index contributed by atoms with van der Waals surface area (Å²) >= 11 is 0. The number of halogens is 1. The molecule has 0 atom stereocenters. The van der Waals surface area contributed by atoms with E-state index in [2.05, 4.69) is 17.1 Å². The molecule has 2 rings (SSSR count). The van der Waals surface area contributed by atoms with Crippen molar-refractivity contribution >= 4 is 5.91 Å². The fourth-order valence-corrected chi connectivity index (χ4v) is 2.33. The van der Waals surface area contributed by atoms with Crippen LogP contribution in [0, 0.1) is 12.7 Å². The van der Waals surface area contributed by atoms with Gasteiger partial charge in [-0.25, -0.2) is 4.39 Å². The average molecular weight is 264 g/mol. The predicted molar refractivity (Wildman–Crippen MR) is 73.7 cm³/mol. The molecular formula is C15H21FN2O. The van der Waals surface area contributed by atoms with Gasteiger partial charge in [-0.3, -0.25) is 9.69 Å². The number of hydrogen-bond donors (Lipinski definition) is 1. The topological polar surface area (TPSA) is 32.3 Å². The summed E-state index contributed by atoms with van der Waals surface area (Å²) in [5.41, 5.74) is 1.22. The van der Waals surface area contributed by atoms with Crippen LogP contribution in [0.4, 0.5) is 4.39 Å². The Morgan fingerprint density at radius 3 is 2.79 bits per heavy atom. The largest absolute Gasteiger partial charge is 0.351 e. The van der Waals surface area contributed by atoms with Gasteiger partial charge in [0.15, 0.2) is 0 Å². The van der Waals surface area contributed by atoms with Gasteiger partial charge in [0.1, 0.15) is 5.82 Å². The number of hydrogen-bond acceptors (Lipinski definition) is 2. The lowest BCUT2D eigenvalue weighted by molar-refractivity contribution is 0.0947. The second-order valence-electron chi connectivity index (χ2n) is 5.07. The van der Waals surface area contributed by atoms with E-state index >= 15 is 0 Å². The fraction of sp³-hybridized carbons (Fsp3) is 0.533. The second kappa shape index (κ2) is 6.15. The van der Waals surface area contributed by atoms with Crippen LogP contribution in [0.5, 0.6) is 0 Å². The molecule has 4 heteroatoms. The van der Waals surface area contributed by atoms with Gasteiger partial charge in [0.25, 0.3) is 5.91 Å². The lowest BCUT2D eigenvalue weighted by Crippen LogP contribution is -2.36. The van der Waals surface area contributed by atoms with Crippen molar-refractivity contribution in [3.63, 3.8) is 0 Å². The van der Waals surface area contributed by atoms with Crippen LogP contribution in [0.1, 0.15) is 35.7 Å². The summed E-state index contributed by atoms with van der Waals surface area (Å²) in [4.78, 5) is 14.4. The highest BCUT2D eigenvalue weighted by molar-refractivity contribution is 5.95. The summed E-state index contributed by atoms with van der Waals surface area (Å²) in [6.45, 7) is 6.44. The molecule has 0 radical (unpaired) electrons. The van der Waals surface area contributed by atoms with Crippen molar-refractivity contribution in [3.8, 4) is 0 Å². The standard InChI is InChI=1S/C15H21FN2O/c1-3-18(13-5-6-13)9-8-17-15(19)14-7-4-12(16)10-11(14)2/h4,7,10,13H,3,5-6,8-9H2,1-2H3,(H,17,19). The van der Waals surface area contributed by atoms with Crippen molar-refractivity contribution in [2.75, 3.05) is 19.6 Å². The van der Waals surface area contributed by atoms with E-state index < -0.39 is 0 Å². The third kappa shape index (κ3) is 3.77. The van der Waals surface area contributed by atoms with Crippen LogP contribution in [-0.4, -0.2) is 36.5 Å². The van der Waals surface area contributed by atoms with Gasteiger partial charge in [-0.1, -0.05) is 6.92 Å². The van der Waals surface area contributed by atoms with E-state index in [-0.39, 0.29) is 11.7 Å². The van der Waals surface area contributed by atoms with E-state index in [1.54, 1.807) is 13.0 Å². The van der Waals surface area contributed by atoms with Crippen LogP contribution in [-0.2, 0) is 0 Å². The average Bonchev–Trinajstić information content (AvgIpc) is 3.18. The quantitative estimate of drug-likeness (QED) is 0.855. The van der Waals surface area contributed by atoms with Crippen molar-refractivity contribution in [1.82, 2.24) is 10.2 Å². The molecule has 1 aliphatic carbocycles. The molecule has 1 saturated carbocycles. The lowest BCUT2D eigenvalue weighted by atomic mass is 10.1. The number of carbonyl (C=O) groups is 1. The number of aryl methyl sites for hydroxylation is 1. The maximum atomic E-state index is 13.0. The molecule has 19 heavy (non-hydrogen) atoms. The molecule has 1 aliphatic rings. The first-order valence-corrected chi connectivity index (χ1v) is 6.90. The van der Waals surface area contributed by atoms with Gasteiger partial charge >= 0.3 is 0 Å². The molecule has 3 nitrogen and oxygen atoms in total. The van der Waals surface area contributed by atoms with Gasteiger partial charge in [-0.2, -0.15) is 0 Å². The summed E-state index contributed by atoms with van der Waals surface area (Å²) in [6.07, 6.45) is 2.55. The second-order valence-corrected chi connectivity index (χ2v) is 5.07. The van der Waals surface area contributed by atoms with E-state index in [0.717, 1.165) is 19.1 Å². The van der Waals surface area contributed by atoms with Crippen LogP contribution in [0.25, 0.3) is 0 Å². The number of likely N-dealkylation sites (N-methyl/N-ethyl adjacent to an activating group) is 1. The monoisotopic (exact) mass is 264 g/mol. The molecule has 1 N–H and O–H groups in total. The van der Waals surface area contributed by atoms with E-state index in [1.165, 1.54) is 25.0 Å². The number of nitrogens with zero attached hydrogens (tertiary/aromatic N) is 1. The van der Waals surface area contributed by atoms with Crippen molar-refractivity contribution in [2.45, 2.75) is 32.7 Å². The molecule has 0 aliphatic heterocycles. The van der Waals surface area contributed by atoms with Gasteiger partial charge in [0.05, 0.1) is 0 Å². The van der Waals surface area contributed by atoms with Crippen LogP contribution in [0.2, 0.25) is 0 Å². The fourth-order valence-electron chi connectivity index (χ4n) is 2.33. The first-order valence-electron chi connectivity index (χ1n) is 6.90. The highest BCUT2D eigenvalue weighted by Gasteiger charge is 2.27. The first-order chi connectivity index (χ1) is 9.11. The highest BCUT2D eigenvalue weighted by Crippen LogP contribution is 2.25. The van der Waals surface area contributed by atoms with Gasteiger partial charge < -0.3 is 5.32 Å². The van der Waals surface area contributed by atoms with E-state index in [4.69, 9.17) is 0 Å². The van der Waals surface area contributed by atoms with E-state index in [0.29, 0.717) is 17.7 Å². The predicted octanol–water partition coefficient (Wildman–Crippen LogP) is 2.35. The Morgan fingerprint density at radius 1 is 1.47 bits per heavy atom. The molecule has 104 valence electrons. The van der Waals surface area contributed by atoms with Gasteiger partial charge in [0.2, 0.25) is 0 Å². The van der Waals surface area contributed by atoms with Crippen LogP contribution < -0.4 is 5.32 Å². The third-order valence-electron chi connectivity index (χ3n) is 3.59. The molecule has 0 aromatic heterocycles. The van der Waals surface area contributed by atoms with Gasteiger partial charge in [0, 0.05) is 24.7 Å². The van der Waals surface area contributed by atoms with Crippen LogP contribution in [0.3, 0.4) is 0 Å². The van der Waals surface area contributed by atoms with Crippen LogP contribution in [0.15, 0.2) is 18.2 Å². The molecule has 1 aromatic carbocycles. The van der Waals surface area contributed by atoms with E-state index in [1.807, 2.05) is 0 Å². The Morgan fingerprint density at radius 2 is 2.21 bits per heavy atom. The minimum atomic E-state index is -0.306. The van der Waals surface area contributed by atoms with Crippen molar-refractivity contribution in [2.24, 2.45) is 0 Å². The van der Waals surface area contributed by atoms with Crippen molar-refractivity contribution in [1.29, 1.82) is 0 Å². The zero-order valence-electron chi connectivity index (χ0n) is 11.6. The molecule has 0 saturated heterocycles. The van der Waals surface area contributed by atoms with E-state index in [9.17, 15) is 9.18 Å². The Labute approximate surface area is 113 Å². The number of amides is 1. The van der Waals surface area contributed by atoms with Gasteiger partial charge in [-0.05, 0) is 50.1 Å². The molecule has 0 heterocycles. The zero-order chi connectivity index (χ0) is 13.8. The first kappa shape index (κ1) is 14.0. The molecule has 0 unspecified atom stereocenters. The lowest BCUT2D eigenvalue weighted by Gasteiger charge is -2.19. The maximum Gasteiger partial charge on any atom is 0.251 e.